The first kappa shape index (κ1) is 41.8. The van der Waals surface area contributed by atoms with Crippen LogP contribution in [0, 0.1) is 0 Å². The van der Waals surface area contributed by atoms with Gasteiger partial charge in [0.05, 0.1) is 24.2 Å². The van der Waals surface area contributed by atoms with E-state index in [2.05, 4.69) is 35.6 Å². The molecule has 1 atom stereocenters. The number of hydrogen-bond acceptors (Lipinski definition) is 11. The highest BCUT2D eigenvalue weighted by molar-refractivity contribution is 5.99. The number of carbonyl (C=O) groups excluding carboxylic acids is 4. The third kappa shape index (κ3) is 8.15. The SMILES string of the molecule is CC(=O)N1CCc2c(c(N3CCCc4cc(-c5cnn(C)c5)c(C(F)F)cc43)nn2C2CCN(C(=O)CCCCNc3cccc4nnn(C5CCC(=O)NC5=O)c(=O)c34)CC2)C1. The summed E-state index contributed by atoms with van der Waals surface area (Å²) in [6.45, 7) is 4.77. The van der Waals surface area contributed by atoms with E-state index in [1.807, 2.05) is 15.9 Å². The van der Waals surface area contributed by atoms with Crippen molar-refractivity contribution in [3.05, 3.63) is 75.5 Å². The topological polar surface area (TPSA) is 185 Å². The van der Waals surface area contributed by atoms with Gasteiger partial charge in [0.1, 0.15) is 11.6 Å². The monoisotopic (exact) mass is 864 g/mol. The third-order valence-corrected chi connectivity index (χ3v) is 12.9. The van der Waals surface area contributed by atoms with E-state index in [1.165, 1.54) is 0 Å². The van der Waals surface area contributed by atoms with Crippen LogP contribution in [-0.4, -0.2) is 101 Å². The molecule has 17 nitrogen and oxygen atoms in total. The number of alkyl halides is 2. The molecule has 5 aromatic rings. The van der Waals surface area contributed by atoms with E-state index < -0.39 is 23.9 Å². The maximum atomic E-state index is 14.7. The Labute approximate surface area is 361 Å². The number of aromatic nitrogens is 7. The van der Waals surface area contributed by atoms with Gasteiger partial charge in [-0.05, 0) is 80.3 Å². The van der Waals surface area contributed by atoms with E-state index in [0.717, 1.165) is 34.3 Å². The summed E-state index contributed by atoms with van der Waals surface area (Å²) in [4.78, 5) is 69.5. The van der Waals surface area contributed by atoms with Gasteiger partial charge in [0.25, 0.3) is 17.9 Å². The van der Waals surface area contributed by atoms with Crippen LogP contribution >= 0.6 is 0 Å². The van der Waals surface area contributed by atoms with E-state index in [1.54, 1.807) is 55.3 Å². The number of aryl methyl sites for hydroxylation is 2. The van der Waals surface area contributed by atoms with Crippen molar-refractivity contribution < 1.29 is 28.0 Å². The molecule has 2 saturated heterocycles. The Kier molecular flexibility index (Phi) is 11.5. The fourth-order valence-corrected chi connectivity index (χ4v) is 9.58. The summed E-state index contributed by atoms with van der Waals surface area (Å²) in [5, 5.41) is 23.5. The number of rotatable bonds is 11. The Morgan fingerprint density at radius 1 is 0.968 bits per heavy atom. The number of likely N-dealkylation sites (tertiary alicyclic amines) is 1. The van der Waals surface area contributed by atoms with Crippen LogP contribution in [0.25, 0.3) is 22.0 Å². The number of piperidine rings is 2. The van der Waals surface area contributed by atoms with E-state index in [9.17, 15) is 32.8 Å². The van der Waals surface area contributed by atoms with E-state index in [4.69, 9.17) is 5.10 Å². The average Bonchev–Trinajstić information content (AvgIpc) is 3.89. The van der Waals surface area contributed by atoms with Crippen LogP contribution in [0.1, 0.15) is 99.2 Å². The standard InChI is InChI=1S/C44H50F2N12O5/c1-26(59)55-20-15-35-32(25-55)42(56-17-6-7-27-21-30(28-23-48-53(2)24-28)31(41(45)46)22-37(27)56)51-57(35)29-13-18-54(19-14-29)39(61)10-3-4-16-47-33-8-5-9-34-40(33)44(63)58(52-50-34)36-11-12-38(60)49-43(36)62/h5,8-9,21-24,29,36,41,47H,3-4,6-7,10-20,25H2,1-2H3,(H,49,60,62). The van der Waals surface area contributed by atoms with Crippen molar-refractivity contribution in [1.82, 2.24) is 49.7 Å². The van der Waals surface area contributed by atoms with Crippen LogP contribution in [0.3, 0.4) is 0 Å². The van der Waals surface area contributed by atoms with E-state index in [0.29, 0.717) is 117 Å². The highest BCUT2D eigenvalue weighted by Gasteiger charge is 2.36. The Morgan fingerprint density at radius 2 is 1.79 bits per heavy atom. The number of imide groups is 1. The zero-order valence-corrected chi connectivity index (χ0v) is 35.4. The largest absolute Gasteiger partial charge is 0.384 e. The molecule has 63 heavy (non-hydrogen) atoms. The van der Waals surface area contributed by atoms with Crippen LogP contribution in [0.2, 0.25) is 0 Å². The highest BCUT2D eigenvalue weighted by Crippen LogP contribution is 2.44. The Hall–Kier alpha value is -6.53. The summed E-state index contributed by atoms with van der Waals surface area (Å²) >= 11 is 0. The molecule has 3 aromatic heterocycles. The van der Waals surface area contributed by atoms with Crippen molar-refractivity contribution in [3.63, 3.8) is 0 Å². The molecule has 0 aliphatic carbocycles. The van der Waals surface area contributed by atoms with Crippen LogP contribution in [0.5, 0.6) is 0 Å². The summed E-state index contributed by atoms with van der Waals surface area (Å²) < 4.78 is 34.2. The second kappa shape index (κ2) is 17.3. The van der Waals surface area contributed by atoms with Crippen molar-refractivity contribution in [2.75, 3.05) is 42.9 Å². The van der Waals surface area contributed by atoms with Gasteiger partial charge in [-0.1, -0.05) is 11.3 Å². The molecule has 19 heteroatoms. The highest BCUT2D eigenvalue weighted by atomic mass is 19.3. The first-order valence-electron chi connectivity index (χ1n) is 21.8. The number of unbranched alkanes of at least 4 members (excludes halogenated alkanes) is 1. The molecule has 1 unspecified atom stereocenters. The number of carbonyl (C=O) groups is 4. The third-order valence-electron chi connectivity index (χ3n) is 12.9. The molecule has 9 rings (SSSR count). The van der Waals surface area contributed by atoms with Crippen molar-refractivity contribution >= 4 is 51.7 Å². The minimum atomic E-state index is -2.69. The quantitative estimate of drug-likeness (QED) is 0.138. The number of fused-ring (bicyclic) bond motifs is 3. The van der Waals surface area contributed by atoms with Crippen LogP contribution < -0.4 is 21.1 Å². The van der Waals surface area contributed by atoms with Crippen molar-refractivity contribution in [2.45, 2.75) is 96.2 Å². The van der Waals surface area contributed by atoms with Gasteiger partial charge in [0.2, 0.25) is 17.7 Å². The Bertz CT molecular complexity index is 2670. The van der Waals surface area contributed by atoms with Gasteiger partial charge in [-0.15, -0.1) is 5.10 Å². The normalized spacial score (nSPS) is 18.2. The van der Waals surface area contributed by atoms with Crippen LogP contribution in [0.4, 0.5) is 26.0 Å². The van der Waals surface area contributed by atoms with Gasteiger partial charge in [0, 0.05) is 106 Å². The second-order valence-electron chi connectivity index (χ2n) is 16.9. The van der Waals surface area contributed by atoms with Gasteiger partial charge < -0.3 is 20.0 Å². The molecule has 2 fully saturated rings. The lowest BCUT2D eigenvalue weighted by atomic mass is 9.92. The zero-order chi connectivity index (χ0) is 43.9. The molecule has 0 bridgehead atoms. The smallest absolute Gasteiger partial charge is 0.280 e. The second-order valence-corrected chi connectivity index (χ2v) is 16.9. The molecule has 0 spiro atoms. The minimum Gasteiger partial charge on any atom is -0.384 e. The van der Waals surface area contributed by atoms with Crippen LogP contribution in [0.15, 0.2) is 47.5 Å². The predicted octanol–water partition coefficient (Wildman–Crippen LogP) is 4.74. The zero-order valence-electron chi connectivity index (χ0n) is 35.4. The lowest BCUT2D eigenvalue weighted by Crippen LogP contribution is -2.45. The molecule has 2 aromatic carbocycles. The number of hydrogen-bond donors (Lipinski definition) is 2. The fraction of sp³-hybridized carbons (Fsp3) is 0.477. The molecule has 7 heterocycles. The average molecular weight is 865 g/mol. The molecule has 0 saturated carbocycles. The summed E-state index contributed by atoms with van der Waals surface area (Å²) in [5.74, 6) is -0.213. The van der Waals surface area contributed by atoms with E-state index in [-0.39, 0.29) is 42.2 Å². The van der Waals surface area contributed by atoms with Crippen molar-refractivity contribution in [3.8, 4) is 11.1 Å². The number of halogens is 2. The minimum absolute atomic E-state index is 0.0261. The summed E-state index contributed by atoms with van der Waals surface area (Å²) in [5.41, 5.74) is 5.21. The van der Waals surface area contributed by atoms with Crippen LogP contribution in [-0.2, 0) is 45.6 Å². The first-order chi connectivity index (χ1) is 30.4. The lowest BCUT2D eigenvalue weighted by molar-refractivity contribution is -0.136. The summed E-state index contributed by atoms with van der Waals surface area (Å²) in [6, 6.07) is 7.80. The molecule has 4 aliphatic heterocycles. The maximum Gasteiger partial charge on any atom is 0.280 e. The fourth-order valence-electron chi connectivity index (χ4n) is 9.58. The number of nitrogens with one attached hydrogen (secondary N) is 2. The number of amides is 4. The predicted molar refractivity (Wildman–Crippen MR) is 228 cm³/mol. The first-order valence-corrected chi connectivity index (χ1v) is 21.8. The Balaban J connectivity index is 0.852. The number of anilines is 3. The van der Waals surface area contributed by atoms with Gasteiger partial charge >= 0.3 is 0 Å². The number of benzene rings is 2. The number of nitrogens with zero attached hydrogens (tertiary/aromatic N) is 10. The molecule has 2 N–H and O–H groups in total. The van der Waals surface area contributed by atoms with Crippen molar-refractivity contribution in [1.29, 1.82) is 0 Å². The lowest BCUT2D eigenvalue weighted by Gasteiger charge is -2.34. The molecule has 0 radical (unpaired) electrons. The van der Waals surface area contributed by atoms with Gasteiger partial charge in [-0.25, -0.2) is 8.78 Å². The maximum absolute atomic E-state index is 14.7. The van der Waals surface area contributed by atoms with Gasteiger partial charge in [-0.2, -0.15) is 14.9 Å². The molecular formula is C44H50F2N12O5. The summed E-state index contributed by atoms with van der Waals surface area (Å²) in [6.07, 6.45) is 6.20. The molecule has 4 aliphatic rings. The van der Waals surface area contributed by atoms with Gasteiger partial charge in [0.15, 0.2) is 5.82 Å². The Morgan fingerprint density at radius 3 is 2.54 bits per heavy atom. The van der Waals surface area contributed by atoms with Crippen molar-refractivity contribution in [2.24, 2.45) is 7.05 Å². The molecular weight excluding hydrogens is 815 g/mol. The molecule has 330 valence electrons. The molecule has 4 amide bonds. The van der Waals surface area contributed by atoms with Gasteiger partial charge in [-0.3, -0.25) is 38.7 Å². The van der Waals surface area contributed by atoms with E-state index >= 15 is 0 Å². The summed E-state index contributed by atoms with van der Waals surface area (Å²) in [7, 11) is 1.76.